The van der Waals surface area contributed by atoms with E-state index in [2.05, 4.69) is 43.2 Å². The molecular weight excluding hydrogens is 398 g/mol. The summed E-state index contributed by atoms with van der Waals surface area (Å²) in [7, 11) is 1.70. The van der Waals surface area contributed by atoms with Gasteiger partial charge in [0.2, 0.25) is 0 Å². The van der Waals surface area contributed by atoms with Gasteiger partial charge in [-0.2, -0.15) is 0 Å². The van der Waals surface area contributed by atoms with Crippen LogP contribution in [0.25, 0.3) is 0 Å². The number of ether oxygens (including phenoxy) is 2. The first-order valence-corrected chi connectivity index (χ1v) is 8.19. The Bertz CT molecular complexity index is 573. The molecule has 0 atom stereocenters. The zero-order chi connectivity index (χ0) is 15.1. The maximum atomic E-state index is 5.96. The van der Waals surface area contributed by atoms with Gasteiger partial charge in [0.1, 0.15) is 11.5 Å². The summed E-state index contributed by atoms with van der Waals surface area (Å²) in [5.74, 6) is 1.67. The molecule has 0 aliphatic heterocycles. The van der Waals surface area contributed by atoms with Crippen LogP contribution < -0.4 is 10.1 Å². The molecule has 21 heavy (non-hydrogen) atoms. The molecule has 0 unspecified atom stereocenters. The Balaban J connectivity index is 2.08. The number of nitrogens with one attached hydrogen (secondary N) is 1. The molecule has 112 valence electrons. The molecule has 0 spiro atoms. The van der Waals surface area contributed by atoms with Crippen LogP contribution in [0.3, 0.4) is 0 Å². The Morgan fingerprint density at radius 2 is 1.71 bits per heavy atom. The van der Waals surface area contributed by atoms with Crippen LogP contribution in [-0.2, 0) is 11.3 Å². The Morgan fingerprint density at radius 1 is 1.00 bits per heavy atom. The van der Waals surface area contributed by atoms with E-state index >= 15 is 0 Å². The topological polar surface area (TPSA) is 30.5 Å². The van der Waals surface area contributed by atoms with Crippen molar-refractivity contribution in [3.8, 4) is 11.5 Å². The molecule has 0 aliphatic rings. The summed E-state index contributed by atoms with van der Waals surface area (Å²) < 4.78 is 13.1. The lowest BCUT2D eigenvalue weighted by atomic mass is 10.2. The minimum atomic E-state index is 0.691. The van der Waals surface area contributed by atoms with Crippen molar-refractivity contribution >= 4 is 31.9 Å². The minimum Gasteiger partial charge on any atom is -0.457 e. The third-order valence-corrected chi connectivity index (χ3v) is 3.88. The fourth-order valence-corrected chi connectivity index (χ4v) is 2.49. The molecule has 0 amide bonds. The van der Waals surface area contributed by atoms with E-state index < -0.39 is 0 Å². The average Bonchev–Trinajstić information content (AvgIpc) is 2.48. The van der Waals surface area contributed by atoms with Crippen LogP contribution in [0.2, 0.25) is 0 Å². The van der Waals surface area contributed by atoms with Gasteiger partial charge >= 0.3 is 0 Å². The van der Waals surface area contributed by atoms with Crippen molar-refractivity contribution in [2.75, 3.05) is 20.3 Å². The van der Waals surface area contributed by atoms with Crippen molar-refractivity contribution in [3.63, 3.8) is 0 Å². The molecule has 0 bridgehead atoms. The molecule has 2 aromatic carbocycles. The van der Waals surface area contributed by atoms with Gasteiger partial charge < -0.3 is 14.8 Å². The molecule has 5 heteroatoms. The molecule has 0 fully saturated rings. The first kappa shape index (κ1) is 16.5. The van der Waals surface area contributed by atoms with Gasteiger partial charge in [-0.3, -0.25) is 0 Å². The third-order valence-electron chi connectivity index (χ3n) is 2.86. The Kier molecular flexibility index (Phi) is 6.70. The van der Waals surface area contributed by atoms with Gasteiger partial charge in [0.05, 0.1) is 6.61 Å². The van der Waals surface area contributed by atoms with E-state index in [0.29, 0.717) is 6.61 Å². The van der Waals surface area contributed by atoms with Crippen molar-refractivity contribution in [1.82, 2.24) is 5.32 Å². The van der Waals surface area contributed by atoms with Crippen molar-refractivity contribution in [1.29, 1.82) is 0 Å². The predicted octanol–water partition coefficient (Wildman–Crippen LogP) is 4.74. The SMILES string of the molecule is COCCNCc1cc(Br)ccc1Oc1ccc(Br)cc1. The van der Waals surface area contributed by atoms with E-state index in [4.69, 9.17) is 9.47 Å². The average molecular weight is 415 g/mol. The van der Waals surface area contributed by atoms with E-state index in [1.807, 2.05) is 36.4 Å². The van der Waals surface area contributed by atoms with E-state index in [-0.39, 0.29) is 0 Å². The van der Waals surface area contributed by atoms with E-state index in [1.165, 1.54) is 0 Å². The number of methoxy groups -OCH3 is 1. The number of rotatable bonds is 7. The molecule has 0 heterocycles. The van der Waals surface area contributed by atoms with Gasteiger partial charge in [-0.1, -0.05) is 31.9 Å². The number of hydrogen-bond acceptors (Lipinski definition) is 3. The predicted molar refractivity (Wildman–Crippen MR) is 91.9 cm³/mol. The standard InChI is InChI=1S/C16H17Br2NO2/c1-20-9-8-19-11-12-10-14(18)4-7-16(12)21-15-5-2-13(17)3-6-15/h2-7,10,19H,8-9,11H2,1H3. The molecule has 0 aromatic heterocycles. The van der Waals surface area contributed by atoms with Crippen LogP contribution >= 0.6 is 31.9 Å². The van der Waals surface area contributed by atoms with Gasteiger partial charge in [0, 0.05) is 34.7 Å². The van der Waals surface area contributed by atoms with E-state index in [9.17, 15) is 0 Å². The quantitative estimate of drug-likeness (QED) is 0.663. The highest BCUT2D eigenvalue weighted by atomic mass is 79.9. The van der Waals surface area contributed by atoms with Crippen LogP contribution in [0.1, 0.15) is 5.56 Å². The first-order valence-electron chi connectivity index (χ1n) is 6.60. The van der Waals surface area contributed by atoms with Crippen LogP contribution in [0.5, 0.6) is 11.5 Å². The maximum Gasteiger partial charge on any atom is 0.131 e. The largest absolute Gasteiger partial charge is 0.457 e. The van der Waals surface area contributed by atoms with Gasteiger partial charge in [-0.15, -0.1) is 0 Å². The molecule has 0 saturated carbocycles. The second-order valence-electron chi connectivity index (χ2n) is 4.48. The summed E-state index contributed by atoms with van der Waals surface area (Å²) in [5, 5.41) is 3.33. The molecule has 1 N–H and O–H groups in total. The molecule has 2 aromatic rings. The molecule has 0 radical (unpaired) electrons. The molecule has 0 saturated heterocycles. The molecule has 3 nitrogen and oxygen atoms in total. The Morgan fingerprint density at radius 3 is 2.43 bits per heavy atom. The zero-order valence-electron chi connectivity index (χ0n) is 11.7. The summed E-state index contributed by atoms with van der Waals surface area (Å²) in [6.45, 7) is 2.23. The highest BCUT2D eigenvalue weighted by molar-refractivity contribution is 9.10. The highest BCUT2D eigenvalue weighted by Crippen LogP contribution is 2.28. The van der Waals surface area contributed by atoms with Crippen molar-refractivity contribution in [2.24, 2.45) is 0 Å². The summed E-state index contributed by atoms with van der Waals surface area (Å²) >= 11 is 6.92. The lowest BCUT2D eigenvalue weighted by Crippen LogP contribution is -2.18. The van der Waals surface area contributed by atoms with Crippen LogP contribution in [-0.4, -0.2) is 20.3 Å². The molecule has 2 rings (SSSR count). The van der Waals surface area contributed by atoms with Gasteiger partial charge in [0.25, 0.3) is 0 Å². The number of benzene rings is 2. The van der Waals surface area contributed by atoms with Crippen molar-refractivity contribution < 1.29 is 9.47 Å². The summed E-state index contributed by atoms with van der Waals surface area (Å²) in [4.78, 5) is 0. The summed E-state index contributed by atoms with van der Waals surface area (Å²) in [6.07, 6.45) is 0. The second-order valence-corrected chi connectivity index (χ2v) is 6.31. The first-order chi connectivity index (χ1) is 10.2. The Labute approximate surface area is 141 Å². The van der Waals surface area contributed by atoms with Gasteiger partial charge in [-0.05, 0) is 42.5 Å². The smallest absolute Gasteiger partial charge is 0.131 e. The Hall–Kier alpha value is -0.880. The minimum absolute atomic E-state index is 0.691. The fraction of sp³-hybridized carbons (Fsp3) is 0.250. The number of halogens is 2. The monoisotopic (exact) mass is 413 g/mol. The van der Waals surface area contributed by atoms with Crippen LogP contribution in [0.15, 0.2) is 51.4 Å². The lowest BCUT2D eigenvalue weighted by Gasteiger charge is -2.12. The van der Waals surface area contributed by atoms with Crippen molar-refractivity contribution in [2.45, 2.75) is 6.54 Å². The van der Waals surface area contributed by atoms with Crippen LogP contribution in [0, 0.1) is 0 Å². The lowest BCUT2D eigenvalue weighted by molar-refractivity contribution is 0.199. The molecular formula is C16H17Br2NO2. The van der Waals surface area contributed by atoms with Crippen LogP contribution in [0.4, 0.5) is 0 Å². The summed E-state index contributed by atoms with van der Waals surface area (Å²) in [6, 6.07) is 13.8. The van der Waals surface area contributed by atoms with Gasteiger partial charge in [0.15, 0.2) is 0 Å². The van der Waals surface area contributed by atoms with E-state index in [1.54, 1.807) is 7.11 Å². The number of hydrogen-bond donors (Lipinski definition) is 1. The third kappa shape index (κ3) is 5.43. The highest BCUT2D eigenvalue weighted by Gasteiger charge is 2.06. The summed E-state index contributed by atoms with van der Waals surface area (Å²) in [5.41, 5.74) is 1.10. The molecule has 0 aliphatic carbocycles. The fourth-order valence-electron chi connectivity index (χ4n) is 1.81. The van der Waals surface area contributed by atoms with Crippen molar-refractivity contribution in [3.05, 3.63) is 57.0 Å². The van der Waals surface area contributed by atoms with E-state index in [0.717, 1.165) is 39.1 Å². The maximum absolute atomic E-state index is 5.96. The normalized spacial score (nSPS) is 10.6. The second kappa shape index (κ2) is 8.54. The zero-order valence-corrected chi connectivity index (χ0v) is 14.9. The van der Waals surface area contributed by atoms with Gasteiger partial charge in [-0.25, -0.2) is 0 Å².